The van der Waals surface area contributed by atoms with Gasteiger partial charge in [-0.1, -0.05) is 52.8 Å². The first-order valence-electron chi connectivity index (χ1n) is 11.5. The van der Waals surface area contributed by atoms with E-state index < -0.39 is 0 Å². The highest BCUT2D eigenvalue weighted by molar-refractivity contribution is 5.97. The summed E-state index contributed by atoms with van der Waals surface area (Å²) in [6.07, 6.45) is 10.3. The second kappa shape index (κ2) is 8.50. The maximum atomic E-state index is 5.26. The quantitative estimate of drug-likeness (QED) is 0.389. The molecule has 0 saturated carbocycles. The van der Waals surface area contributed by atoms with Crippen LogP contribution in [0.4, 0.5) is 0 Å². The van der Waals surface area contributed by atoms with E-state index in [2.05, 4.69) is 83.7 Å². The van der Waals surface area contributed by atoms with Crippen molar-refractivity contribution in [1.82, 2.24) is 4.90 Å². The van der Waals surface area contributed by atoms with Crippen molar-refractivity contribution in [3.05, 3.63) is 52.6 Å². The fraction of sp³-hybridized carbons (Fsp3) is 0.593. The zero-order chi connectivity index (χ0) is 21.2. The van der Waals surface area contributed by atoms with Gasteiger partial charge in [-0.3, -0.25) is 0 Å². The predicted octanol–water partition coefficient (Wildman–Crippen LogP) is 7.25. The van der Waals surface area contributed by atoms with Gasteiger partial charge in [0.15, 0.2) is 0 Å². The molecule has 2 aliphatic rings. The van der Waals surface area contributed by atoms with Crippen LogP contribution < -0.4 is 0 Å². The maximum absolute atomic E-state index is 5.26. The second-order valence-corrected chi connectivity index (χ2v) is 10.2. The third kappa shape index (κ3) is 4.52. The van der Waals surface area contributed by atoms with E-state index in [1.165, 1.54) is 47.9 Å². The number of rotatable bonds is 4. The first kappa shape index (κ1) is 21.9. The van der Waals surface area contributed by atoms with Crippen LogP contribution in [0.3, 0.4) is 0 Å². The Labute approximate surface area is 178 Å². The van der Waals surface area contributed by atoms with Gasteiger partial charge in [0.1, 0.15) is 5.84 Å². The molecular weight excluding hydrogens is 352 g/mol. The Bertz CT molecular complexity index is 830. The van der Waals surface area contributed by atoms with Gasteiger partial charge in [0, 0.05) is 18.7 Å². The van der Waals surface area contributed by atoms with Crippen molar-refractivity contribution in [3.8, 4) is 0 Å². The molecule has 0 amide bonds. The summed E-state index contributed by atoms with van der Waals surface area (Å²) in [6, 6.07) is 7.15. The van der Waals surface area contributed by atoms with Crippen LogP contribution >= 0.6 is 0 Å². The van der Waals surface area contributed by atoms with Gasteiger partial charge in [-0.25, -0.2) is 4.99 Å². The third-order valence-corrected chi connectivity index (χ3v) is 7.03. The number of aliphatic imine (C=N–C) groups is 1. The van der Waals surface area contributed by atoms with Crippen LogP contribution in [0.2, 0.25) is 0 Å². The van der Waals surface area contributed by atoms with Crippen LogP contribution in [0.25, 0.3) is 5.70 Å². The minimum Gasteiger partial charge on any atom is -0.357 e. The Hall–Kier alpha value is -1.83. The molecule has 1 aliphatic carbocycles. The van der Waals surface area contributed by atoms with Crippen LogP contribution in [-0.4, -0.2) is 23.8 Å². The summed E-state index contributed by atoms with van der Waals surface area (Å²) in [5.74, 6) is 1.12. The molecule has 0 bridgehead atoms. The average molecular weight is 393 g/mol. The van der Waals surface area contributed by atoms with Crippen molar-refractivity contribution in [1.29, 1.82) is 0 Å². The van der Waals surface area contributed by atoms with E-state index in [0.29, 0.717) is 0 Å². The first-order chi connectivity index (χ1) is 13.7. The average Bonchev–Trinajstić information content (AvgIpc) is 3.23. The lowest BCUT2D eigenvalue weighted by molar-refractivity contribution is 0.332. The summed E-state index contributed by atoms with van der Waals surface area (Å²) in [7, 11) is 0. The number of amidine groups is 1. The minimum absolute atomic E-state index is 0.219. The molecule has 29 heavy (non-hydrogen) atoms. The molecule has 1 fully saturated rings. The zero-order valence-electron chi connectivity index (χ0n) is 19.7. The SMILES string of the molecule is C\C=C/C(=N/C(=C(\C)CC)c1ccc2c(c1)C(C)(C)CCC2(C)C)N1CCCC1. The Morgan fingerprint density at radius 1 is 1.03 bits per heavy atom. The van der Waals surface area contributed by atoms with E-state index in [9.17, 15) is 0 Å². The van der Waals surface area contributed by atoms with E-state index >= 15 is 0 Å². The van der Waals surface area contributed by atoms with Crippen LogP contribution in [-0.2, 0) is 10.8 Å². The smallest absolute Gasteiger partial charge is 0.128 e. The lowest BCUT2D eigenvalue weighted by Gasteiger charge is -2.42. The van der Waals surface area contributed by atoms with Crippen molar-refractivity contribution in [2.45, 2.75) is 91.4 Å². The predicted molar refractivity (Wildman–Crippen MR) is 128 cm³/mol. The van der Waals surface area contributed by atoms with Crippen molar-refractivity contribution in [2.24, 2.45) is 4.99 Å². The summed E-state index contributed by atoms with van der Waals surface area (Å²) >= 11 is 0. The molecule has 0 spiro atoms. The van der Waals surface area contributed by atoms with Crippen molar-refractivity contribution in [3.63, 3.8) is 0 Å². The Kier molecular flexibility index (Phi) is 6.41. The molecule has 3 rings (SSSR count). The molecule has 0 N–H and O–H groups in total. The van der Waals surface area contributed by atoms with Crippen LogP contribution in [0, 0.1) is 0 Å². The van der Waals surface area contributed by atoms with Gasteiger partial charge < -0.3 is 4.90 Å². The fourth-order valence-corrected chi connectivity index (χ4v) is 4.73. The topological polar surface area (TPSA) is 15.6 Å². The normalized spacial score (nSPS) is 22.0. The maximum Gasteiger partial charge on any atom is 0.128 e. The van der Waals surface area contributed by atoms with Gasteiger partial charge in [0.2, 0.25) is 0 Å². The number of hydrogen-bond acceptors (Lipinski definition) is 1. The summed E-state index contributed by atoms with van der Waals surface area (Å²) in [6.45, 7) is 18.4. The molecule has 1 aromatic carbocycles. The molecule has 1 saturated heterocycles. The summed E-state index contributed by atoms with van der Waals surface area (Å²) in [5.41, 5.74) is 7.29. The molecule has 1 aromatic rings. The monoisotopic (exact) mass is 392 g/mol. The first-order valence-corrected chi connectivity index (χ1v) is 11.5. The molecule has 2 nitrogen and oxygen atoms in total. The number of nitrogens with zero attached hydrogens (tertiary/aromatic N) is 2. The highest BCUT2D eigenvalue weighted by Crippen LogP contribution is 2.46. The molecule has 1 heterocycles. The number of benzene rings is 1. The Morgan fingerprint density at radius 3 is 2.24 bits per heavy atom. The van der Waals surface area contributed by atoms with Crippen molar-refractivity contribution >= 4 is 11.5 Å². The van der Waals surface area contributed by atoms with Gasteiger partial charge in [0.05, 0.1) is 5.70 Å². The van der Waals surface area contributed by atoms with Crippen LogP contribution in [0.5, 0.6) is 0 Å². The second-order valence-electron chi connectivity index (χ2n) is 10.2. The molecule has 1 aliphatic heterocycles. The minimum atomic E-state index is 0.219. The largest absolute Gasteiger partial charge is 0.357 e. The fourth-order valence-electron chi connectivity index (χ4n) is 4.73. The third-order valence-electron chi connectivity index (χ3n) is 7.03. The molecule has 0 atom stereocenters. The molecule has 0 aromatic heterocycles. The van der Waals surface area contributed by atoms with Gasteiger partial charge in [-0.15, -0.1) is 0 Å². The summed E-state index contributed by atoms with van der Waals surface area (Å²) in [4.78, 5) is 7.70. The number of hydrogen-bond donors (Lipinski definition) is 0. The molecule has 2 heteroatoms. The van der Waals surface area contributed by atoms with Gasteiger partial charge in [0.25, 0.3) is 0 Å². The van der Waals surface area contributed by atoms with Gasteiger partial charge >= 0.3 is 0 Å². The lowest BCUT2D eigenvalue weighted by Crippen LogP contribution is -2.33. The van der Waals surface area contributed by atoms with E-state index in [4.69, 9.17) is 4.99 Å². The van der Waals surface area contributed by atoms with Gasteiger partial charge in [-0.2, -0.15) is 0 Å². The van der Waals surface area contributed by atoms with E-state index in [1.807, 2.05) is 0 Å². The molecule has 0 unspecified atom stereocenters. The van der Waals surface area contributed by atoms with E-state index in [-0.39, 0.29) is 10.8 Å². The molecular formula is C27H40N2. The highest BCUT2D eigenvalue weighted by Gasteiger charge is 2.37. The summed E-state index contributed by atoms with van der Waals surface area (Å²) in [5, 5.41) is 0. The van der Waals surface area contributed by atoms with E-state index in [0.717, 1.165) is 31.0 Å². The molecule has 158 valence electrons. The highest BCUT2D eigenvalue weighted by atomic mass is 15.2. The molecule has 0 radical (unpaired) electrons. The number of likely N-dealkylation sites (tertiary alicyclic amines) is 1. The Morgan fingerprint density at radius 2 is 1.66 bits per heavy atom. The van der Waals surface area contributed by atoms with E-state index in [1.54, 1.807) is 0 Å². The van der Waals surface area contributed by atoms with Crippen molar-refractivity contribution in [2.75, 3.05) is 13.1 Å². The van der Waals surface area contributed by atoms with Crippen LogP contribution in [0.1, 0.15) is 97.3 Å². The number of allylic oxidation sites excluding steroid dienone is 2. The van der Waals surface area contributed by atoms with Gasteiger partial charge in [-0.05, 0) is 85.6 Å². The lowest BCUT2D eigenvalue weighted by atomic mass is 9.63. The Balaban J connectivity index is 2.13. The number of fused-ring (bicyclic) bond motifs is 1. The van der Waals surface area contributed by atoms with Crippen LogP contribution in [0.15, 0.2) is 40.9 Å². The zero-order valence-corrected chi connectivity index (χ0v) is 19.7. The van der Waals surface area contributed by atoms with Crippen molar-refractivity contribution < 1.29 is 0 Å². The summed E-state index contributed by atoms with van der Waals surface area (Å²) < 4.78 is 0. The standard InChI is InChI=1S/C27H40N2/c1-8-12-24(29-17-10-11-18-29)28-25(20(3)9-2)21-13-14-22-23(19-21)27(6,7)16-15-26(22,4)5/h8,12-14,19H,9-11,15-18H2,1-7H3/b12-8-,25-20+,28-24-.